The summed E-state index contributed by atoms with van der Waals surface area (Å²) in [4.78, 5) is 16.0. The molecule has 3 N–H and O–H groups in total. The molecule has 132 valence electrons. The van der Waals surface area contributed by atoms with Crippen LogP contribution in [0.15, 0.2) is 24.4 Å². The number of nitriles is 1. The molecule has 1 saturated heterocycles. The van der Waals surface area contributed by atoms with Gasteiger partial charge in [-0.3, -0.25) is 4.72 Å². The fourth-order valence-electron chi connectivity index (χ4n) is 3.07. The van der Waals surface area contributed by atoms with Gasteiger partial charge >= 0.3 is 6.09 Å². The number of fused-ring (bicyclic) bond motifs is 1. The Hall–Kier alpha value is -2.21. The van der Waals surface area contributed by atoms with Gasteiger partial charge in [0, 0.05) is 55.4 Å². The number of carboxylic acid groups (broad SMARTS) is 1. The highest BCUT2D eigenvalue weighted by molar-refractivity contribution is 7.95. The molecular formula is C17H21N5O2S. The molecule has 3 rings (SSSR count). The number of nitrogens with zero attached hydrogens (tertiary/aromatic N) is 3. The summed E-state index contributed by atoms with van der Waals surface area (Å²) < 4.78 is 4.37. The number of hydrogen-bond acceptors (Lipinski definition) is 5. The van der Waals surface area contributed by atoms with Crippen molar-refractivity contribution in [3.05, 3.63) is 35.5 Å². The molecule has 0 unspecified atom stereocenters. The number of rotatable bonds is 6. The first-order chi connectivity index (χ1) is 12.2. The number of aromatic amines is 1. The number of carbonyl (C=O) groups is 1. The minimum atomic E-state index is -1.01. The molecule has 7 nitrogen and oxygen atoms in total. The van der Waals surface area contributed by atoms with Gasteiger partial charge in [-0.2, -0.15) is 5.26 Å². The summed E-state index contributed by atoms with van der Waals surface area (Å²) in [7, 11) is 0. The molecule has 1 amide bonds. The van der Waals surface area contributed by atoms with E-state index in [0.717, 1.165) is 68.6 Å². The Kier molecular flexibility index (Phi) is 5.81. The van der Waals surface area contributed by atoms with Crippen molar-refractivity contribution >= 4 is 29.1 Å². The third-order valence-electron chi connectivity index (χ3n) is 4.40. The fraction of sp³-hybridized carbons (Fsp3) is 0.412. The van der Waals surface area contributed by atoms with E-state index in [9.17, 15) is 4.79 Å². The Labute approximate surface area is 150 Å². The number of piperazine rings is 1. The molecule has 1 aliphatic heterocycles. The van der Waals surface area contributed by atoms with Crippen LogP contribution in [0.2, 0.25) is 0 Å². The van der Waals surface area contributed by atoms with E-state index in [2.05, 4.69) is 32.8 Å². The molecule has 8 heteroatoms. The van der Waals surface area contributed by atoms with Crippen molar-refractivity contribution in [2.45, 2.75) is 12.8 Å². The second-order valence-electron chi connectivity index (χ2n) is 6.07. The SMILES string of the molecule is N#Cc1c[nH]c2ccc(CCCN3CCN(SNC(=O)O)CC3)cc12. The van der Waals surface area contributed by atoms with Gasteiger partial charge < -0.3 is 15.0 Å². The normalized spacial score (nSPS) is 16.0. The van der Waals surface area contributed by atoms with Gasteiger partial charge in [0.2, 0.25) is 0 Å². The summed E-state index contributed by atoms with van der Waals surface area (Å²) in [6, 6.07) is 8.48. The number of H-pyrrole nitrogens is 1. The zero-order valence-electron chi connectivity index (χ0n) is 13.9. The molecule has 0 radical (unpaired) electrons. The van der Waals surface area contributed by atoms with E-state index < -0.39 is 6.09 Å². The van der Waals surface area contributed by atoms with E-state index in [1.807, 2.05) is 10.4 Å². The van der Waals surface area contributed by atoms with Crippen LogP contribution in [0, 0.1) is 11.3 Å². The van der Waals surface area contributed by atoms with Crippen molar-refractivity contribution in [2.75, 3.05) is 32.7 Å². The third-order valence-corrected chi connectivity index (χ3v) is 5.29. The van der Waals surface area contributed by atoms with Crippen LogP contribution in [0.1, 0.15) is 17.5 Å². The van der Waals surface area contributed by atoms with Gasteiger partial charge in [0.25, 0.3) is 0 Å². The van der Waals surface area contributed by atoms with Crippen molar-refractivity contribution in [3.8, 4) is 6.07 Å². The van der Waals surface area contributed by atoms with Crippen LogP contribution >= 0.6 is 12.1 Å². The highest BCUT2D eigenvalue weighted by Gasteiger charge is 2.17. The largest absolute Gasteiger partial charge is 0.464 e. The Morgan fingerprint density at radius 2 is 2.16 bits per heavy atom. The highest BCUT2D eigenvalue weighted by Crippen LogP contribution is 2.20. The molecule has 0 saturated carbocycles. The van der Waals surface area contributed by atoms with E-state index in [4.69, 9.17) is 10.4 Å². The number of benzene rings is 1. The van der Waals surface area contributed by atoms with Gasteiger partial charge in [0.15, 0.2) is 0 Å². The Balaban J connectivity index is 1.43. The lowest BCUT2D eigenvalue weighted by atomic mass is 10.1. The smallest absolute Gasteiger partial charge is 0.415 e. The summed E-state index contributed by atoms with van der Waals surface area (Å²) in [5.41, 5.74) is 2.95. The summed E-state index contributed by atoms with van der Waals surface area (Å²) in [5, 5.41) is 18.7. The molecule has 2 heterocycles. The van der Waals surface area contributed by atoms with Gasteiger partial charge in [-0.05, 0) is 37.1 Å². The molecule has 2 aromatic rings. The van der Waals surface area contributed by atoms with E-state index >= 15 is 0 Å². The van der Waals surface area contributed by atoms with Crippen LogP contribution in [-0.4, -0.2) is 58.1 Å². The van der Waals surface area contributed by atoms with Crippen molar-refractivity contribution in [3.63, 3.8) is 0 Å². The molecule has 25 heavy (non-hydrogen) atoms. The minimum Gasteiger partial charge on any atom is -0.464 e. The molecule has 1 fully saturated rings. The lowest BCUT2D eigenvalue weighted by Crippen LogP contribution is -2.44. The first-order valence-electron chi connectivity index (χ1n) is 8.29. The predicted molar refractivity (Wildman–Crippen MR) is 98.1 cm³/mol. The van der Waals surface area contributed by atoms with Crippen LogP contribution in [0.5, 0.6) is 0 Å². The zero-order valence-corrected chi connectivity index (χ0v) is 14.7. The van der Waals surface area contributed by atoms with Crippen molar-refractivity contribution in [1.82, 2.24) is 18.9 Å². The molecule has 1 aliphatic rings. The number of nitrogens with one attached hydrogen (secondary N) is 2. The number of amides is 1. The second-order valence-corrected chi connectivity index (χ2v) is 6.97. The van der Waals surface area contributed by atoms with Gasteiger partial charge in [0.05, 0.1) is 5.56 Å². The van der Waals surface area contributed by atoms with E-state index in [1.165, 1.54) is 5.56 Å². The van der Waals surface area contributed by atoms with Crippen LogP contribution in [0.4, 0.5) is 4.79 Å². The average Bonchev–Trinajstić information content (AvgIpc) is 3.03. The monoisotopic (exact) mass is 359 g/mol. The maximum Gasteiger partial charge on any atom is 0.415 e. The lowest BCUT2D eigenvalue weighted by molar-refractivity contribution is 0.191. The summed E-state index contributed by atoms with van der Waals surface area (Å²) >= 11 is 1.16. The van der Waals surface area contributed by atoms with Gasteiger partial charge in [-0.1, -0.05) is 6.07 Å². The topological polar surface area (TPSA) is 95.4 Å². The minimum absolute atomic E-state index is 0.695. The summed E-state index contributed by atoms with van der Waals surface area (Å²) in [5.74, 6) is 0. The van der Waals surface area contributed by atoms with E-state index in [1.54, 1.807) is 6.20 Å². The maximum absolute atomic E-state index is 10.5. The van der Waals surface area contributed by atoms with Crippen molar-refractivity contribution < 1.29 is 9.90 Å². The first-order valence-corrected chi connectivity index (χ1v) is 9.06. The van der Waals surface area contributed by atoms with Crippen LogP contribution in [0.3, 0.4) is 0 Å². The lowest BCUT2D eigenvalue weighted by Gasteiger charge is -2.33. The number of hydrogen-bond donors (Lipinski definition) is 3. The Bertz CT molecular complexity index is 777. The Morgan fingerprint density at radius 1 is 1.36 bits per heavy atom. The molecule has 0 atom stereocenters. The van der Waals surface area contributed by atoms with E-state index in [0.29, 0.717) is 5.56 Å². The number of aryl methyl sites for hydroxylation is 1. The summed E-state index contributed by atoms with van der Waals surface area (Å²) in [6.07, 6.45) is 2.80. The van der Waals surface area contributed by atoms with Gasteiger partial charge in [-0.15, -0.1) is 0 Å². The summed E-state index contributed by atoms with van der Waals surface area (Å²) in [6.45, 7) is 4.63. The maximum atomic E-state index is 10.5. The van der Waals surface area contributed by atoms with Crippen molar-refractivity contribution in [1.29, 1.82) is 5.26 Å². The molecule has 0 aliphatic carbocycles. The van der Waals surface area contributed by atoms with E-state index in [-0.39, 0.29) is 0 Å². The number of aromatic nitrogens is 1. The standard InChI is InChI=1S/C17H21N5O2S/c18-11-14-12-19-16-4-3-13(10-15(14)16)2-1-5-21-6-8-22(9-7-21)25-20-17(23)24/h3-4,10,12,19-20H,1-2,5-9H2,(H,23,24). The van der Waals surface area contributed by atoms with Gasteiger partial charge in [0.1, 0.15) is 6.07 Å². The molecule has 1 aromatic heterocycles. The Morgan fingerprint density at radius 3 is 2.88 bits per heavy atom. The molecule has 0 bridgehead atoms. The highest BCUT2D eigenvalue weighted by atomic mass is 32.2. The zero-order chi connectivity index (χ0) is 17.6. The molecule has 0 spiro atoms. The molecular weight excluding hydrogens is 338 g/mol. The van der Waals surface area contributed by atoms with Crippen molar-refractivity contribution in [2.24, 2.45) is 0 Å². The first kappa shape index (κ1) is 17.6. The fourth-order valence-corrected chi connectivity index (χ4v) is 3.62. The van der Waals surface area contributed by atoms with Crippen LogP contribution in [-0.2, 0) is 6.42 Å². The quantitative estimate of drug-likeness (QED) is 0.686. The predicted octanol–water partition coefficient (Wildman–Crippen LogP) is 2.42. The van der Waals surface area contributed by atoms with Crippen LogP contribution < -0.4 is 4.72 Å². The van der Waals surface area contributed by atoms with Gasteiger partial charge in [-0.25, -0.2) is 9.10 Å². The van der Waals surface area contributed by atoms with Crippen LogP contribution in [0.25, 0.3) is 10.9 Å². The second kappa shape index (κ2) is 8.25. The third kappa shape index (κ3) is 4.66. The average molecular weight is 359 g/mol. The molecule has 1 aromatic carbocycles.